The highest BCUT2D eigenvalue weighted by atomic mass is 35.5. The molecule has 0 unspecified atom stereocenters. The van der Waals surface area contributed by atoms with Crippen LogP contribution in [0.2, 0.25) is 0 Å². The van der Waals surface area contributed by atoms with Gasteiger partial charge in [0.05, 0.1) is 6.04 Å². The van der Waals surface area contributed by atoms with E-state index in [-0.39, 0.29) is 24.4 Å². The standard InChI is InChI=1S/C10H14N2OS.ClH/c1-7(11)10(13)12-4-2-9-8(6-12)3-5-14-9;/h3,5,7H,2,4,6,11H2,1H3;1H/t7-;/m1./s1. The normalized spacial score (nSPS) is 16.5. The molecular weight excluding hydrogens is 232 g/mol. The number of fused-ring (bicyclic) bond motifs is 1. The molecule has 1 aliphatic heterocycles. The monoisotopic (exact) mass is 246 g/mol. The zero-order valence-corrected chi connectivity index (χ0v) is 10.2. The van der Waals surface area contributed by atoms with Gasteiger partial charge in [-0.05, 0) is 30.4 Å². The lowest BCUT2D eigenvalue weighted by Gasteiger charge is -2.28. The molecule has 1 amide bonds. The second kappa shape index (κ2) is 4.96. The van der Waals surface area contributed by atoms with Crippen LogP contribution in [-0.2, 0) is 17.8 Å². The van der Waals surface area contributed by atoms with E-state index in [2.05, 4.69) is 11.4 Å². The number of nitrogens with zero attached hydrogens (tertiary/aromatic N) is 1. The van der Waals surface area contributed by atoms with E-state index < -0.39 is 0 Å². The van der Waals surface area contributed by atoms with Crippen molar-refractivity contribution >= 4 is 29.7 Å². The second-order valence-electron chi connectivity index (χ2n) is 3.67. The third-order valence-corrected chi connectivity index (χ3v) is 3.53. The molecule has 1 aromatic heterocycles. The van der Waals surface area contributed by atoms with E-state index in [1.807, 2.05) is 4.90 Å². The SMILES string of the molecule is C[C@@H](N)C(=O)N1CCc2sccc2C1.Cl. The fourth-order valence-electron chi connectivity index (χ4n) is 1.72. The van der Waals surface area contributed by atoms with Crippen molar-refractivity contribution in [2.45, 2.75) is 25.9 Å². The summed E-state index contributed by atoms with van der Waals surface area (Å²) in [7, 11) is 0. The van der Waals surface area contributed by atoms with E-state index in [0.29, 0.717) is 0 Å². The fourth-order valence-corrected chi connectivity index (χ4v) is 2.61. The molecule has 0 saturated carbocycles. The maximum atomic E-state index is 11.6. The molecule has 0 radical (unpaired) electrons. The van der Waals surface area contributed by atoms with Crippen molar-refractivity contribution in [2.24, 2.45) is 5.73 Å². The number of carbonyl (C=O) groups is 1. The van der Waals surface area contributed by atoms with Gasteiger partial charge in [0.15, 0.2) is 0 Å². The summed E-state index contributed by atoms with van der Waals surface area (Å²) in [6.07, 6.45) is 0.978. The number of nitrogens with two attached hydrogens (primary N) is 1. The molecular formula is C10H15ClN2OS. The molecule has 1 aliphatic rings. The minimum Gasteiger partial charge on any atom is -0.337 e. The Morgan fingerprint density at radius 1 is 1.67 bits per heavy atom. The predicted octanol–water partition coefficient (Wildman–Crippen LogP) is 1.40. The summed E-state index contributed by atoms with van der Waals surface area (Å²) in [5, 5.41) is 2.09. The van der Waals surface area contributed by atoms with Gasteiger partial charge in [0.2, 0.25) is 5.91 Å². The molecule has 1 aromatic rings. The quantitative estimate of drug-likeness (QED) is 0.814. The largest absolute Gasteiger partial charge is 0.337 e. The van der Waals surface area contributed by atoms with E-state index in [0.717, 1.165) is 19.5 Å². The van der Waals surface area contributed by atoms with Crippen LogP contribution < -0.4 is 5.73 Å². The van der Waals surface area contributed by atoms with Crippen molar-refractivity contribution < 1.29 is 4.79 Å². The topological polar surface area (TPSA) is 46.3 Å². The summed E-state index contributed by atoms with van der Waals surface area (Å²) >= 11 is 1.78. The third kappa shape index (κ3) is 2.51. The molecule has 0 aromatic carbocycles. The van der Waals surface area contributed by atoms with Gasteiger partial charge in [0, 0.05) is 18.0 Å². The maximum absolute atomic E-state index is 11.6. The summed E-state index contributed by atoms with van der Waals surface area (Å²) < 4.78 is 0. The van der Waals surface area contributed by atoms with Gasteiger partial charge in [-0.25, -0.2) is 0 Å². The van der Waals surface area contributed by atoms with Crippen molar-refractivity contribution in [2.75, 3.05) is 6.54 Å². The van der Waals surface area contributed by atoms with E-state index >= 15 is 0 Å². The molecule has 84 valence electrons. The second-order valence-corrected chi connectivity index (χ2v) is 4.67. The van der Waals surface area contributed by atoms with Crippen LogP contribution in [0.3, 0.4) is 0 Å². The number of hydrogen-bond acceptors (Lipinski definition) is 3. The van der Waals surface area contributed by atoms with Gasteiger partial charge in [0.25, 0.3) is 0 Å². The molecule has 2 heterocycles. The third-order valence-electron chi connectivity index (χ3n) is 2.51. The molecule has 0 saturated heterocycles. The van der Waals surface area contributed by atoms with E-state index in [9.17, 15) is 4.79 Å². The van der Waals surface area contributed by atoms with Crippen molar-refractivity contribution in [3.8, 4) is 0 Å². The summed E-state index contributed by atoms with van der Waals surface area (Å²) in [4.78, 5) is 14.9. The zero-order chi connectivity index (χ0) is 10.1. The van der Waals surface area contributed by atoms with Crippen molar-refractivity contribution in [3.05, 3.63) is 21.9 Å². The molecule has 1 atom stereocenters. The average Bonchev–Trinajstić information content (AvgIpc) is 2.62. The minimum absolute atomic E-state index is 0. The van der Waals surface area contributed by atoms with Gasteiger partial charge in [-0.1, -0.05) is 0 Å². The van der Waals surface area contributed by atoms with Gasteiger partial charge >= 0.3 is 0 Å². The first kappa shape index (κ1) is 12.5. The van der Waals surface area contributed by atoms with Gasteiger partial charge in [-0.15, -0.1) is 23.7 Å². The summed E-state index contributed by atoms with van der Waals surface area (Å²) in [5.41, 5.74) is 6.86. The molecule has 2 rings (SSSR count). The molecule has 0 bridgehead atoms. The Morgan fingerprint density at radius 3 is 3.07 bits per heavy atom. The summed E-state index contributed by atoms with van der Waals surface area (Å²) in [6.45, 7) is 3.29. The van der Waals surface area contributed by atoms with Crippen LogP contribution in [0.15, 0.2) is 11.4 Å². The highest BCUT2D eigenvalue weighted by Crippen LogP contribution is 2.24. The molecule has 2 N–H and O–H groups in total. The van der Waals surface area contributed by atoms with E-state index in [4.69, 9.17) is 5.73 Å². The Hall–Kier alpha value is -0.580. The van der Waals surface area contributed by atoms with Crippen LogP contribution in [0.5, 0.6) is 0 Å². The highest BCUT2D eigenvalue weighted by molar-refractivity contribution is 7.10. The molecule has 3 nitrogen and oxygen atoms in total. The maximum Gasteiger partial charge on any atom is 0.239 e. The van der Waals surface area contributed by atoms with Crippen LogP contribution in [0, 0.1) is 0 Å². The van der Waals surface area contributed by atoms with Gasteiger partial charge in [-0.3, -0.25) is 4.79 Å². The first-order chi connectivity index (χ1) is 6.68. The first-order valence-electron chi connectivity index (χ1n) is 4.78. The van der Waals surface area contributed by atoms with Crippen LogP contribution in [0.4, 0.5) is 0 Å². The summed E-state index contributed by atoms with van der Waals surface area (Å²) in [5.74, 6) is 0.0573. The first-order valence-corrected chi connectivity index (χ1v) is 5.66. The van der Waals surface area contributed by atoms with E-state index in [1.165, 1.54) is 10.4 Å². The molecule has 15 heavy (non-hydrogen) atoms. The Balaban J connectivity index is 0.00000112. The molecule has 5 heteroatoms. The van der Waals surface area contributed by atoms with Crippen LogP contribution in [0.1, 0.15) is 17.4 Å². The summed E-state index contributed by atoms with van der Waals surface area (Å²) in [6, 6.07) is 1.72. The fraction of sp³-hybridized carbons (Fsp3) is 0.500. The number of hydrogen-bond donors (Lipinski definition) is 1. The van der Waals surface area contributed by atoms with Crippen LogP contribution in [-0.4, -0.2) is 23.4 Å². The smallest absolute Gasteiger partial charge is 0.239 e. The predicted molar refractivity (Wildman–Crippen MR) is 64.3 cm³/mol. The lowest BCUT2D eigenvalue weighted by molar-refractivity contribution is -0.133. The number of carbonyl (C=O) groups excluding carboxylic acids is 1. The lowest BCUT2D eigenvalue weighted by Crippen LogP contribution is -2.44. The zero-order valence-electron chi connectivity index (χ0n) is 8.60. The minimum atomic E-state index is -0.379. The van der Waals surface area contributed by atoms with Gasteiger partial charge in [-0.2, -0.15) is 0 Å². The number of amides is 1. The Kier molecular flexibility index (Phi) is 4.13. The number of rotatable bonds is 1. The molecule has 0 spiro atoms. The highest BCUT2D eigenvalue weighted by Gasteiger charge is 2.22. The van der Waals surface area contributed by atoms with Crippen molar-refractivity contribution in [1.82, 2.24) is 4.90 Å². The van der Waals surface area contributed by atoms with Crippen LogP contribution >= 0.6 is 23.7 Å². The number of halogens is 1. The lowest BCUT2D eigenvalue weighted by atomic mass is 10.1. The van der Waals surface area contributed by atoms with Crippen molar-refractivity contribution in [3.63, 3.8) is 0 Å². The van der Waals surface area contributed by atoms with Gasteiger partial charge < -0.3 is 10.6 Å². The van der Waals surface area contributed by atoms with Crippen LogP contribution in [0.25, 0.3) is 0 Å². The van der Waals surface area contributed by atoms with E-state index in [1.54, 1.807) is 18.3 Å². The molecule has 0 fully saturated rings. The Labute approximate surface area is 99.7 Å². The molecule has 0 aliphatic carbocycles. The Morgan fingerprint density at radius 2 is 2.40 bits per heavy atom. The number of thiophene rings is 1. The van der Waals surface area contributed by atoms with Gasteiger partial charge in [0.1, 0.15) is 0 Å². The Bertz CT molecular complexity index is 351. The average molecular weight is 247 g/mol. The van der Waals surface area contributed by atoms with Crippen molar-refractivity contribution in [1.29, 1.82) is 0 Å².